The van der Waals surface area contributed by atoms with Gasteiger partial charge in [0.1, 0.15) is 11.5 Å². The Kier molecular flexibility index (Phi) is 4.34. The molecule has 1 aromatic heterocycles. The molecule has 0 aliphatic rings. The van der Waals surface area contributed by atoms with Gasteiger partial charge in [-0.3, -0.25) is 4.79 Å². The lowest BCUT2D eigenvalue weighted by atomic mass is 10.1. The summed E-state index contributed by atoms with van der Waals surface area (Å²) in [5.74, 6) is 1.27. The number of hydrogen-bond donors (Lipinski definition) is 1. The zero-order valence-corrected chi connectivity index (χ0v) is 11.2. The number of amides is 1. The first-order valence-corrected chi connectivity index (χ1v) is 5.89. The minimum absolute atomic E-state index is 0.0479. The molecule has 1 heterocycles. The Morgan fingerprint density at radius 1 is 1.41 bits per heavy atom. The van der Waals surface area contributed by atoms with Crippen LogP contribution in [-0.2, 0) is 0 Å². The average Bonchev–Trinajstić information content (AvgIpc) is 2.52. The molecule has 1 unspecified atom stereocenters. The van der Waals surface area contributed by atoms with Crippen molar-refractivity contribution in [2.45, 2.75) is 46.8 Å². The quantitative estimate of drug-likeness (QED) is 0.875. The van der Waals surface area contributed by atoms with Crippen molar-refractivity contribution < 1.29 is 14.3 Å². The molecule has 4 nitrogen and oxygen atoms in total. The number of aryl methyl sites for hydroxylation is 2. The monoisotopic (exact) mass is 239 g/mol. The van der Waals surface area contributed by atoms with Gasteiger partial charge in [-0.2, -0.15) is 0 Å². The van der Waals surface area contributed by atoms with Crippen LogP contribution in [0.15, 0.2) is 10.5 Å². The van der Waals surface area contributed by atoms with E-state index < -0.39 is 6.10 Å². The molecule has 1 amide bonds. The number of rotatable bonds is 4. The molecule has 0 bridgehead atoms. The van der Waals surface area contributed by atoms with Crippen molar-refractivity contribution in [3.63, 3.8) is 0 Å². The van der Waals surface area contributed by atoms with Crippen molar-refractivity contribution in [3.05, 3.63) is 23.2 Å². The van der Waals surface area contributed by atoms with E-state index in [1.54, 1.807) is 24.8 Å². The van der Waals surface area contributed by atoms with Crippen molar-refractivity contribution >= 4 is 5.91 Å². The van der Waals surface area contributed by atoms with Crippen LogP contribution in [0.25, 0.3) is 0 Å². The molecule has 17 heavy (non-hydrogen) atoms. The highest BCUT2D eigenvalue weighted by atomic mass is 16.3. The Hall–Kier alpha value is -1.29. The van der Waals surface area contributed by atoms with Crippen molar-refractivity contribution in [2.24, 2.45) is 0 Å². The fourth-order valence-corrected chi connectivity index (χ4v) is 1.81. The minimum atomic E-state index is -0.533. The molecule has 1 N–H and O–H groups in total. The van der Waals surface area contributed by atoms with Gasteiger partial charge in [-0.1, -0.05) is 0 Å². The van der Waals surface area contributed by atoms with Crippen molar-refractivity contribution in [1.29, 1.82) is 0 Å². The molecule has 4 heteroatoms. The largest absolute Gasteiger partial charge is 0.466 e. The van der Waals surface area contributed by atoms with Gasteiger partial charge < -0.3 is 14.4 Å². The van der Waals surface area contributed by atoms with E-state index in [1.807, 2.05) is 20.8 Å². The van der Waals surface area contributed by atoms with Crippen LogP contribution in [0.3, 0.4) is 0 Å². The third kappa shape index (κ3) is 3.33. The SMILES string of the molecule is Cc1cc(C(=O)N(CC(C)O)C(C)C)c(C)o1. The second-order valence-corrected chi connectivity index (χ2v) is 4.73. The van der Waals surface area contributed by atoms with Crippen LogP contribution in [-0.4, -0.2) is 34.6 Å². The molecule has 1 aromatic rings. The number of carbonyl (C=O) groups is 1. The predicted octanol–water partition coefficient (Wildman–Crippen LogP) is 2.13. The zero-order chi connectivity index (χ0) is 13.2. The van der Waals surface area contributed by atoms with E-state index >= 15 is 0 Å². The summed E-state index contributed by atoms with van der Waals surface area (Å²) in [6.45, 7) is 9.47. The number of aliphatic hydroxyl groups is 1. The third-order valence-electron chi connectivity index (χ3n) is 2.62. The van der Waals surface area contributed by atoms with E-state index in [-0.39, 0.29) is 11.9 Å². The van der Waals surface area contributed by atoms with E-state index in [1.165, 1.54) is 0 Å². The Labute approximate surface area is 102 Å². The van der Waals surface area contributed by atoms with Crippen molar-refractivity contribution in [1.82, 2.24) is 4.90 Å². The standard InChI is InChI=1S/C13H21NO3/c1-8(2)14(7-9(3)15)13(16)12-6-10(4)17-11(12)5/h6,8-9,15H,7H2,1-5H3. The molecule has 0 fully saturated rings. The van der Waals surface area contributed by atoms with E-state index in [4.69, 9.17) is 4.42 Å². The summed E-state index contributed by atoms with van der Waals surface area (Å²) in [6, 6.07) is 1.79. The normalized spacial score (nSPS) is 12.9. The first-order chi connectivity index (χ1) is 7.82. The van der Waals surface area contributed by atoms with Gasteiger partial charge in [0.2, 0.25) is 0 Å². The number of furan rings is 1. The lowest BCUT2D eigenvalue weighted by Gasteiger charge is -2.27. The molecule has 1 atom stereocenters. The molecular weight excluding hydrogens is 218 g/mol. The number of aliphatic hydroxyl groups excluding tert-OH is 1. The van der Waals surface area contributed by atoms with Gasteiger partial charge in [-0.05, 0) is 40.7 Å². The first kappa shape index (κ1) is 13.8. The summed E-state index contributed by atoms with van der Waals surface area (Å²) in [7, 11) is 0. The van der Waals surface area contributed by atoms with Crippen LogP contribution in [0.1, 0.15) is 42.6 Å². The Balaban J connectivity index is 2.95. The molecule has 0 spiro atoms. The first-order valence-electron chi connectivity index (χ1n) is 5.89. The zero-order valence-electron chi connectivity index (χ0n) is 11.2. The fraction of sp³-hybridized carbons (Fsp3) is 0.615. The van der Waals surface area contributed by atoms with E-state index in [2.05, 4.69) is 0 Å². The topological polar surface area (TPSA) is 53.7 Å². The molecule has 0 saturated heterocycles. The van der Waals surface area contributed by atoms with E-state index in [9.17, 15) is 9.90 Å². The number of carbonyl (C=O) groups excluding carboxylic acids is 1. The molecule has 1 rings (SSSR count). The van der Waals surface area contributed by atoms with Crippen LogP contribution >= 0.6 is 0 Å². The lowest BCUT2D eigenvalue weighted by molar-refractivity contribution is 0.0577. The smallest absolute Gasteiger partial charge is 0.257 e. The summed E-state index contributed by atoms with van der Waals surface area (Å²) < 4.78 is 5.36. The van der Waals surface area contributed by atoms with Gasteiger partial charge in [0.15, 0.2) is 0 Å². The molecule has 0 saturated carbocycles. The van der Waals surface area contributed by atoms with Crippen molar-refractivity contribution in [2.75, 3.05) is 6.54 Å². The number of hydrogen-bond acceptors (Lipinski definition) is 3. The van der Waals surface area contributed by atoms with Crippen molar-refractivity contribution in [3.8, 4) is 0 Å². The molecule has 96 valence electrons. The minimum Gasteiger partial charge on any atom is -0.466 e. The maximum atomic E-state index is 12.3. The third-order valence-corrected chi connectivity index (χ3v) is 2.62. The highest BCUT2D eigenvalue weighted by Gasteiger charge is 2.23. The van der Waals surface area contributed by atoms with E-state index in [0.717, 1.165) is 5.76 Å². The predicted molar refractivity (Wildman–Crippen MR) is 66.0 cm³/mol. The van der Waals surface area contributed by atoms with Gasteiger partial charge in [0.25, 0.3) is 5.91 Å². The number of nitrogens with zero attached hydrogens (tertiary/aromatic N) is 1. The summed E-state index contributed by atoms with van der Waals surface area (Å²) in [6.07, 6.45) is -0.533. The summed E-state index contributed by atoms with van der Waals surface area (Å²) >= 11 is 0. The Morgan fingerprint density at radius 2 is 2.00 bits per heavy atom. The highest BCUT2D eigenvalue weighted by molar-refractivity contribution is 5.95. The van der Waals surface area contributed by atoms with Crippen LogP contribution in [0.2, 0.25) is 0 Å². The maximum absolute atomic E-state index is 12.3. The molecule has 0 aromatic carbocycles. The van der Waals surface area contributed by atoms with Crippen LogP contribution < -0.4 is 0 Å². The summed E-state index contributed by atoms with van der Waals surface area (Å²) in [4.78, 5) is 14.0. The second kappa shape index (κ2) is 5.36. The lowest BCUT2D eigenvalue weighted by Crippen LogP contribution is -2.41. The van der Waals surface area contributed by atoms with E-state index in [0.29, 0.717) is 17.9 Å². The van der Waals surface area contributed by atoms with Crippen LogP contribution in [0, 0.1) is 13.8 Å². The Bertz CT molecular complexity index is 393. The molecular formula is C13H21NO3. The molecule has 0 radical (unpaired) electrons. The Morgan fingerprint density at radius 3 is 2.35 bits per heavy atom. The summed E-state index contributed by atoms with van der Waals surface area (Å²) in [5.41, 5.74) is 0.580. The highest BCUT2D eigenvalue weighted by Crippen LogP contribution is 2.17. The average molecular weight is 239 g/mol. The molecule has 0 aliphatic carbocycles. The summed E-state index contributed by atoms with van der Waals surface area (Å²) in [5, 5.41) is 9.42. The fourth-order valence-electron chi connectivity index (χ4n) is 1.81. The second-order valence-electron chi connectivity index (χ2n) is 4.73. The van der Waals surface area contributed by atoms with Crippen LogP contribution in [0.5, 0.6) is 0 Å². The molecule has 0 aliphatic heterocycles. The maximum Gasteiger partial charge on any atom is 0.257 e. The van der Waals surface area contributed by atoms with Gasteiger partial charge in [-0.25, -0.2) is 0 Å². The van der Waals surface area contributed by atoms with Gasteiger partial charge in [0, 0.05) is 12.6 Å². The van der Waals surface area contributed by atoms with Crippen LogP contribution in [0.4, 0.5) is 0 Å². The van der Waals surface area contributed by atoms with Gasteiger partial charge in [-0.15, -0.1) is 0 Å². The van der Waals surface area contributed by atoms with Gasteiger partial charge >= 0.3 is 0 Å². The van der Waals surface area contributed by atoms with Gasteiger partial charge in [0.05, 0.1) is 11.7 Å².